The molecule has 0 spiro atoms. The number of methoxy groups -OCH3 is 1. The van der Waals surface area contributed by atoms with E-state index < -0.39 is 0 Å². The molecule has 0 heterocycles. The second-order valence-corrected chi connectivity index (χ2v) is 8.77. The van der Waals surface area contributed by atoms with Crippen LogP contribution in [0.2, 0.25) is 0 Å². The van der Waals surface area contributed by atoms with Crippen LogP contribution in [0.15, 0.2) is 114 Å². The average molecular weight is 574 g/mol. The molecule has 33 heavy (non-hydrogen) atoms. The molecule has 0 radical (unpaired) electrons. The molecule has 174 valence electrons. The predicted molar refractivity (Wildman–Crippen MR) is 147 cm³/mol. The molecule has 0 saturated carbocycles. The number of hydrogen-bond acceptors (Lipinski definition) is 3. The number of rotatable bonds is 12. The van der Waals surface area contributed by atoms with Gasteiger partial charge < -0.3 is 9.47 Å². The van der Waals surface area contributed by atoms with Gasteiger partial charge in [-0.15, -0.1) is 0 Å². The van der Waals surface area contributed by atoms with Gasteiger partial charge in [-0.25, -0.2) is 4.79 Å². The molecule has 1 aromatic carbocycles. The smallest absolute Gasteiger partial charge is 0.330 e. The van der Waals surface area contributed by atoms with Crippen molar-refractivity contribution in [2.75, 3.05) is 13.7 Å². The van der Waals surface area contributed by atoms with E-state index in [-0.39, 0.29) is 5.97 Å². The highest BCUT2D eigenvalue weighted by molar-refractivity contribution is 9.15. The predicted octanol–water partition coefficient (Wildman–Crippen LogP) is 8.29. The van der Waals surface area contributed by atoms with E-state index in [0.29, 0.717) is 12.5 Å². The Kier molecular flexibility index (Phi) is 15.4. The van der Waals surface area contributed by atoms with E-state index in [1.807, 2.05) is 105 Å². The van der Waals surface area contributed by atoms with Gasteiger partial charge in [0.15, 0.2) is 0 Å². The Balaban J connectivity index is 2.34. The minimum atomic E-state index is -0.320. The number of allylic oxidation sites excluding steroid dienone is 14. The number of carbonyl (C=O) groups is 1. The maximum atomic E-state index is 11.4. The number of carbonyl (C=O) groups excluding carboxylic acids is 1. The van der Waals surface area contributed by atoms with Crippen molar-refractivity contribution < 1.29 is 14.3 Å². The van der Waals surface area contributed by atoms with E-state index in [1.54, 1.807) is 19.3 Å². The van der Waals surface area contributed by atoms with Crippen LogP contribution in [-0.4, -0.2) is 19.7 Å². The third-order valence-corrected chi connectivity index (χ3v) is 5.17. The number of hydrogen-bond donors (Lipinski definition) is 0. The Bertz CT molecular complexity index is 975. The van der Waals surface area contributed by atoms with E-state index >= 15 is 0 Å². The third kappa shape index (κ3) is 14.2. The van der Waals surface area contributed by atoms with Gasteiger partial charge in [-0.05, 0) is 45.6 Å². The Morgan fingerprint density at radius 2 is 1.39 bits per heavy atom. The molecule has 1 rings (SSSR count). The second-order valence-electron chi connectivity index (χ2n) is 7.06. The Labute approximate surface area is 214 Å². The van der Waals surface area contributed by atoms with Gasteiger partial charge in [0, 0.05) is 10.6 Å². The van der Waals surface area contributed by atoms with Crippen LogP contribution in [0.5, 0.6) is 5.75 Å². The zero-order valence-electron chi connectivity index (χ0n) is 19.2. The molecule has 0 fully saturated rings. The summed E-state index contributed by atoms with van der Waals surface area (Å²) in [6.45, 7) is 4.44. The molecular formula is C28H30Br2O3. The van der Waals surface area contributed by atoms with Crippen LogP contribution in [0.1, 0.15) is 19.4 Å². The molecule has 0 bridgehead atoms. The quantitative estimate of drug-likeness (QED) is 0.143. The summed E-state index contributed by atoms with van der Waals surface area (Å²) in [5, 5.41) is 0. The van der Waals surface area contributed by atoms with Crippen molar-refractivity contribution >= 4 is 42.3 Å². The fourth-order valence-electron chi connectivity index (χ4n) is 2.18. The van der Waals surface area contributed by atoms with Gasteiger partial charge in [-0.1, -0.05) is 115 Å². The highest BCUT2D eigenvalue weighted by atomic mass is 79.9. The van der Waals surface area contributed by atoms with E-state index in [1.165, 1.54) is 6.08 Å². The molecule has 0 atom stereocenters. The molecule has 1 aromatic rings. The monoisotopic (exact) mass is 572 g/mol. The van der Waals surface area contributed by atoms with Crippen molar-refractivity contribution in [1.29, 1.82) is 0 Å². The second kappa shape index (κ2) is 17.9. The summed E-state index contributed by atoms with van der Waals surface area (Å²) in [7, 11) is 1.65. The number of esters is 1. The van der Waals surface area contributed by atoms with Crippen LogP contribution in [0.4, 0.5) is 0 Å². The summed E-state index contributed by atoms with van der Waals surface area (Å²) in [5.41, 5.74) is 1.04. The SMILES string of the molecule is COc1cc(/C(Br)=C/C=C/C=C/C=C/C=C/C=C/C=C/C=C/C(=O)OCC(C)C)ccc1Br. The molecule has 0 aliphatic rings. The van der Waals surface area contributed by atoms with Crippen LogP contribution in [0.3, 0.4) is 0 Å². The van der Waals surface area contributed by atoms with E-state index in [2.05, 4.69) is 31.9 Å². The van der Waals surface area contributed by atoms with Crippen molar-refractivity contribution in [3.63, 3.8) is 0 Å². The van der Waals surface area contributed by atoms with Crippen molar-refractivity contribution in [3.8, 4) is 5.75 Å². The Hall–Kier alpha value is -2.63. The van der Waals surface area contributed by atoms with Gasteiger partial charge in [-0.3, -0.25) is 0 Å². The van der Waals surface area contributed by atoms with Gasteiger partial charge in [0.1, 0.15) is 5.75 Å². The van der Waals surface area contributed by atoms with Gasteiger partial charge in [0.2, 0.25) is 0 Å². The summed E-state index contributed by atoms with van der Waals surface area (Å²) >= 11 is 7.04. The lowest BCUT2D eigenvalue weighted by Crippen LogP contribution is -2.06. The van der Waals surface area contributed by atoms with Crippen LogP contribution in [-0.2, 0) is 9.53 Å². The lowest BCUT2D eigenvalue weighted by Gasteiger charge is -2.05. The molecule has 0 unspecified atom stereocenters. The van der Waals surface area contributed by atoms with Crippen molar-refractivity contribution in [3.05, 3.63) is 119 Å². The van der Waals surface area contributed by atoms with Crippen LogP contribution < -0.4 is 4.74 Å². The van der Waals surface area contributed by atoms with E-state index in [4.69, 9.17) is 9.47 Å². The van der Waals surface area contributed by atoms with Crippen LogP contribution in [0.25, 0.3) is 4.48 Å². The van der Waals surface area contributed by atoms with Gasteiger partial charge >= 0.3 is 5.97 Å². The maximum Gasteiger partial charge on any atom is 0.330 e. The molecule has 0 N–H and O–H groups in total. The zero-order valence-corrected chi connectivity index (χ0v) is 22.3. The molecule has 0 amide bonds. The first kappa shape index (κ1) is 28.4. The van der Waals surface area contributed by atoms with Crippen molar-refractivity contribution in [1.82, 2.24) is 0 Å². The summed E-state index contributed by atoms with van der Waals surface area (Å²) in [4.78, 5) is 11.4. The molecule has 3 nitrogen and oxygen atoms in total. The lowest BCUT2D eigenvalue weighted by molar-refractivity contribution is -0.138. The van der Waals surface area contributed by atoms with Crippen LogP contribution in [0, 0.1) is 5.92 Å². The minimum Gasteiger partial charge on any atom is -0.496 e. The molecule has 0 aliphatic carbocycles. The summed E-state index contributed by atoms with van der Waals surface area (Å²) in [5.74, 6) is 0.813. The Morgan fingerprint density at radius 1 is 0.879 bits per heavy atom. The topological polar surface area (TPSA) is 35.5 Å². The lowest BCUT2D eigenvalue weighted by atomic mass is 10.2. The highest BCUT2D eigenvalue weighted by Crippen LogP contribution is 2.30. The number of ether oxygens (including phenoxy) is 2. The summed E-state index contributed by atoms with van der Waals surface area (Å²) in [6.07, 6.45) is 28.1. The van der Waals surface area contributed by atoms with Crippen molar-refractivity contribution in [2.45, 2.75) is 13.8 Å². The van der Waals surface area contributed by atoms with Gasteiger partial charge in [-0.2, -0.15) is 0 Å². The number of halogens is 2. The first-order chi connectivity index (χ1) is 15.9. The molecule has 5 heteroatoms. The fourth-order valence-corrected chi connectivity index (χ4v) is 2.99. The summed E-state index contributed by atoms with van der Waals surface area (Å²) in [6, 6.07) is 5.94. The Morgan fingerprint density at radius 3 is 1.91 bits per heavy atom. The zero-order chi connectivity index (χ0) is 24.3. The van der Waals surface area contributed by atoms with Gasteiger partial charge in [0.25, 0.3) is 0 Å². The first-order valence-electron chi connectivity index (χ1n) is 10.5. The normalized spacial score (nSPS) is 13.5. The third-order valence-electron chi connectivity index (χ3n) is 3.79. The van der Waals surface area contributed by atoms with Crippen molar-refractivity contribution in [2.24, 2.45) is 5.92 Å². The summed E-state index contributed by atoms with van der Waals surface area (Å²) < 4.78 is 12.3. The average Bonchev–Trinajstić information content (AvgIpc) is 2.80. The maximum absolute atomic E-state index is 11.4. The molecule has 0 aromatic heterocycles. The molecule has 0 saturated heterocycles. The minimum absolute atomic E-state index is 0.320. The molecule has 0 aliphatic heterocycles. The van der Waals surface area contributed by atoms with E-state index in [0.717, 1.165) is 20.3 Å². The molecular weight excluding hydrogens is 544 g/mol. The fraction of sp³-hybridized carbons (Fsp3) is 0.179. The number of benzene rings is 1. The first-order valence-corrected chi connectivity index (χ1v) is 12.1. The van der Waals surface area contributed by atoms with E-state index in [9.17, 15) is 4.79 Å². The van der Waals surface area contributed by atoms with Gasteiger partial charge in [0.05, 0.1) is 18.2 Å². The van der Waals surface area contributed by atoms with Crippen LogP contribution >= 0.6 is 31.9 Å². The largest absolute Gasteiger partial charge is 0.496 e. The standard InChI is InChI=1S/C28H30Br2O3/c1-23(2)22-33-28(31)18-16-14-12-10-8-6-4-5-7-9-11-13-15-17-25(29)24-19-20-26(30)27(21-24)32-3/h4-21,23H,22H2,1-3H3/b6-4+,7-5+,10-8+,11-9+,14-12+,15-13+,18-16+,25-17-. The highest BCUT2D eigenvalue weighted by Gasteiger charge is 2.03.